The van der Waals surface area contributed by atoms with E-state index < -0.39 is 0 Å². The van der Waals surface area contributed by atoms with Crippen LogP contribution in [0.1, 0.15) is 11.6 Å². The van der Waals surface area contributed by atoms with Crippen LogP contribution in [0.2, 0.25) is 10.0 Å². The van der Waals surface area contributed by atoms with Crippen LogP contribution >= 0.6 is 23.2 Å². The Balaban J connectivity index is 1.44. The van der Waals surface area contributed by atoms with Crippen molar-refractivity contribution >= 4 is 46.4 Å². The fourth-order valence-corrected chi connectivity index (χ4v) is 5.47. The van der Waals surface area contributed by atoms with Crippen molar-refractivity contribution in [3.8, 4) is 16.9 Å². The number of benzene rings is 3. The highest BCUT2D eigenvalue weighted by Gasteiger charge is 2.32. The molecule has 2 amide bonds. The minimum absolute atomic E-state index is 0.145. The Morgan fingerprint density at radius 2 is 1.63 bits per heavy atom. The van der Waals surface area contributed by atoms with Gasteiger partial charge < -0.3 is 19.3 Å². The maximum atomic E-state index is 13.8. The number of morpholine rings is 1. The van der Waals surface area contributed by atoms with Gasteiger partial charge in [-0.2, -0.15) is 0 Å². The molecular weight excluding hydrogens is 563 g/mol. The molecule has 1 fully saturated rings. The third-order valence-electron chi connectivity index (χ3n) is 7.60. The first-order valence-corrected chi connectivity index (χ1v) is 14.3. The highest BCUT2D eigenvalue weighted by atomic mass is 35.5. The van der Waals surface area contributed by atoms with E-state index in [0.717, 1.165) is 35.5 Å². The maximum absolute atomic E-state index is 13.8. The molecule has 1 saturated heterocycles. The Labute approximate surface area is 250 Å². The monoisotopic (exact) mass is 596 g/mol. The summed E-state index contributed by atoms with van der Waals surface area (Å²) in [4.78, 5) is 34.3. The van der Waals surface area contributed by atoms with E-state index in [2.05, 4.69) is 52.3 Å². The van der Waals surface area contributed by atoms with Gasteiger partial charge in [-0.05, 0) is 41.0 Å². The molecule has 1 unspecified atom stereocenters. The lowest BCUT2D eigenvalue weighted by Gasteiger charge is -2.37. The summed E-state index contributed by atoms with van der Waals surface area (Å²) in [6, 6.07) is 19.6. The molecule has 0 bridgehead atoms. The maximum Gasteiger partial charge on any atom is 0.265 e. The molecule has 0 aliphatic carbocycles. The Bertz CT molecular complexity index is 1430. The highest BCUT2D eigenvalue weighted by molar-refractivity contribution is 6.42. The van der Waals surface area contributed by atoms with E-state index in [9.17, 15) is 9.59 Å². The number of carbonyl (C=O) groups is 2. The number of ether oxygens (including phenoxy) is 2. The first-order chi connectivity index (χ1) is 19.7. The predicted molar refractivity (Wildman–Crippen MR) is 163 cm³/mol. The minimum atomic E-state index is -0.315. The fraction of sp³-hybridized carbons (Fsp3) is 0.355. The zero-order valence-corrected chi connectivity index (χ0v) is 25.0. The number of carbonyl (C=O) groups excluding carboxylic acids is 2. The van der Waals surface area contributed by atoms with Gasteiger partial charge in [0.15, 0.2) is 6.61 Å². The average molecular weight is 598 g/mol. The molecule has 2 aliphatic heterocycles. The second-order valence-corrected chi connectivity index (χ2v) is 11.3. The Hall–Kier alpha value is -3.30. The zero-order chi connectivity index (χ0) is 29.1. The van der Waals surface area contributed by atoms with Gasteiger partial charge in [-0.25, -0.2) is 0 Å². The van der Waals surface area contributed by atoms with Crippen LogP contribution in [0, 0.1) is 0 Å². The second-order valence-electron chi connectivity index (χ2n) is 10.5. The molecule has 8 nitrogen and oxygen atoms in total. The van der Waals surface area contributed by atoms with E-state index >= 15 is 0 Å². The summed E-state index contributed by atoms with van der Waals surface area (Å²) in [6.07, 6.45) is 0. The molecule has 41 heavy (non-hydrogen) atoms. The van der Waals surface area contributed by atoms with Crippen LogP contribution in [-0.4, -0.2) is 88.8 Å². The minimum Gasteiger partial charge on any atom is -0.482 e. The predicted octanol–water partition coefficient (Wildman–Crippen LogP) is 4.98. The van der Waals surface area contributed by atoms with Gasteiger partial charge in [0, 0.05) is 52.5 Å². The Morgan fingerprint density at radius 1 is 0.951 bits per heavy atom. The van der Waals surface area contributed by atoms with E-state index in [1.165, 1.54) is 4.90 Å². The van der Waals surface area contributed by atoms with Gasteiger partial charge in [-0.1, -0.05) is 53.5 Å². The van der Waals surface area contributed by atoms with Crippen molar-refractivity contribution in [2.75, 3.05) is 76.9 Å². The Morgan fingerprint density at radius 3 is 2.37 bits per heavy atom. The third-order valence-corrected chi connectivity index (χ3v) is 8.32. The van der Waals surface area contributed by atoms with Gasteiger partial charge in [-0.3, -0.25) is 19.4 Å². The van der Waals surface area contributed by atoms with Crippen LogP contribution < -0.4 is 14.5 Å². The first-order valence-electron chi connectivity index (χ1n) is 13.6. The van der Waals surface area contributed by atoms with Crippen LogP contribution in [0.15, 0.2) is 60.7 Å². The molecule has 2 aliphatic rings. The van der Waals surface area contributed by atoms with Crippen molar-refractivity contribution in [2.24, 2.45) is 0 Å². The molecule has 0 N–H and O–H groups in total. The van der Waals surface area contributed by atoms with Crippen molar-refractivity contribution in [2.45, 2.75) is 6.04 Å². The molecule has 3 aromatic rings. The number of hydrogen-bond acceptors (Lipinski definition) is 6. The molecule has 216 valence electrons. The quantitative estimate of drug-likeness (QED) is 0.365. The molecule has 2 heterocycles. The number of anilines is 2. The Kier molecular flexibility index (Phi) is 9.04. The van der Waals surface area contributed by atoms with E-state index in [4.69, 9.17) is 32.7 Å². The zero-order valence-electron chi connectivity index (χ0n) is 23.5. The fourth-order valence-electron chi connectivity index (χ4n) is 5.16. The standard InChI is InChI=1S/C31H34Cl2N4O4/c1-34(2)24-9-5-7-22(15-24)21-6-4-8-23(14-21)28(18-36-10-12-40-13-11-36)35(3)30(38)19-37-27-16-25(32)26(33)17-29(27)41-20-31(37)39/h4-9,14-17,28H,10-13,18-20H2,1-3H3. The topological polar surface area (TPSA) is 65.6 Å². The van der Waals surface area contributed by atoms with E-state index in [0.29, 0.717) is 36.2 Å². The lowest BCUT2D eigenvalue weighted by molar-refractivity contribution is -0.133. The van der Waals surface area contributed by atoms with Gasteiger partial charge in [0.25, 0.3) is 5.91 Å². The molecule has 5 rings (SSSR count). The highest BCUT2D eigenvalue weighted by Crippen LogP contribution is 2.39. The normalized spacial score (nSPS) is 16.1. The number of amides is 2. The SMILES string of the molecule is CN(C)c1cccc(-c2cccc(C(CN3CCOCC3)N(C)C(=O)CN3C(=O)COc4cc(Cl)c(Cl)cc43)c2)c1. The van der Waals surface area contributed by atoms with Crippen molar-refractivity contribution in [1.29, 1.82) is 0 Å². The van der Waals surface area contributed by atoms with Crippen molar-refractivity contribution in [1.82, 2.24) is 9.80 Å². The molecule has 0 spiro atoms. The van der Waals surface area contributed by atoms with Crippen LogP contribution in [0.5, 0.6) is 5.75 Å². The number of nitrogens with zero attached hydrogens (tertiary/aromatic N) is 4. The second kappa shape index (κ2) is 12.7. The molecule has 0 radical (unpaired) electrons. The smallest absolute Gasteiger partial charge is 0.265 e. The van der Waals surface area contributed by atoms with E-state index in [1.807, 2.05) is 20.2 Å². The van der Waals surface area contributed by atoms with Crippen LogP contribution in [0.3, 0.4) is 0 Å². The summed E-state index contributed by atoms with van der Waals surface area (Å²) < 4.78 is 11.1. The lowest BCUT2D eigenvalue weighted by atomic mass is 9.97. The van der Waals surface area contributed by atoms with Crippen LogP contribution in [-0.2, 0) is 14.3 Å². The van der Waals surface area contributed by atoms with Crippen molar-refractivity contribution in [3.05, 3.63) is 76.3 Å². The number of rotatable bonds is 8. The summed E-state index contributed by atoms with van der Waals surface area (Å²) >= 11 is 12.4. The van der Waals surface area contributed by atoms with Crippen LogP contribution in [0.4, 0.5) is 11.4 Å². The number of hydrogen-bond donors (Lipinski definition) is 0. The molecule has 0 aromatic heterocycles. The van der Waals surface area contributed by atoms with Crippen molar-refractivity contribution < 1.29 is 19.1 Å². The van der Waals surface area contributed by atoms with E-state index in [1.54, 1.807) is 24.1 Å². The number of halogens is 2. The third kappa shape index (κ3) is 6.62. The van der Waals surface area contributed by atoms with Gasteiger partial charge in [0.1, 0.15) is 12.3 Å². The first kappa shape index (κ1) is 29.2. The van der Waals surface area contributed by atoms with Crippen molar-refractivity contribution in [3.63, 3.8) is 0 Å². The van der Waals surface area contributed by atoms with Gasteiger partial charge in [0.05, 0.1) is 35.0 Å². The van der Waals surface area contributed by atoms with Gasteiger partial charge in [-0.15, -0.1) is 0 Å². The average Bonchev–Trinajstić information content (AvgIpc) is 2.98. The van der Waals surface area contributed by atoms with Crippen LogP contribution in [0.25, 0.3) is 11.1 Å². The lowest BCUT2D eigenvalue weighted by Crippen LogP contribution is -2.48. The molecule has 1 atom stereocenters. The molecule has 10 heteroatoms. The molecule has 0 saturated carbocycles. The summed E-state index contributed by atoms with van der Waals surface area (Å²) in [7, 11) is 5.84. The summed E-state index contributed by atoms with van der Waals surface area (Å²) in [5.74, 6) is -0.0901. The largest absolute Gasteiger partial charge is 0.482 e. The molecular formula is C31H34Cl2N4O4. The summed E-state index contributed by atoms with van der Waals surface area (Å²) in [6.45, 7) is 3.21. The van der Waals surface area contributed by atoms with Gasteiger partial charge in [0.2, 0.25) is 5.91 Å². The van der Waals surface area contributed by atoms with E-state index in [-0.39, 0.29) is 36.0 Å². The molecule has 3 aromatic carbocycles. The summed E-state index contributed by atoms with van der Waals surface area (Å²) in [5.41, 5.74) is 4.74. The number of likely N-dealkylation sites (N-methyl/N-ethyl adjacent to an activating group) is 1. The summed E-state index contributed by atoms with van der Waals surface area (Å²) in [5, 5.41) is 0.611. The van der Waals surface area contributed by atoms with Gasteiger partial charge >= 0.3 is 0 Å². The number of fused-ring (bicyclic) bond motifs is 1.